The molecule has 0 spiro atoms. The van der Waals surface area contributed by atoms with Crippen molar-refractivity contribution in [2.45, 2.75) is 0 Å². The first-order valence-corrected chi connectivity index (χ1v) is 4.42. The second-order valence-corrected chi connectivity index (χ2v) is 3.09. The van der Waals surface area contributed by atoms with Crippen molar-refractivity contribution in [2.75, 3.05) is 0 Å². The summed E-state index contributed by atoms with van der Waals surface area (Å²) in [6, 6.07) is 5.95. The van der Waals surface area contributed by atoms with Crippen LogP contribution < -0.4 is 11.2 Å². The summed E-state index contributed by atoms with van der Waals surface area (Å²) >= 11 is 4.49. The van der Waals surface area contributed by atoms with Gasteiger partial charge in [0.2, 0.25) is 5.78 Å². The number of hydrogen-bond acceptors (Lipinski definition) is 4. The van der Waals surface area contributed by atoms with Gasteiger partial charge in [0.05, 0.1) is 6.21 Å². The first-order valence-electron chi connectivity index (χ1n) is 4.01. The van der Waals surface area contributed by atoms with E-state index in [-0.39, 0.29) is 16.6 Å². The lowest BCUT2D eigenvalue weighted by molar-refractivity contribution is 0.107. The van der Waals surface area contributed by atoms with Crippen molar-refractivity contribution in [1.29, 1.82) is 0 Å². The molecule has 0 aliphatic carbocycles. The SMILES string of the molecule is NC(=S)NN=CC(=O)c1cccc(O)c1. The summed E-state index contributed by atoms with van der Waals surface area (Å²) in [6.07, 6.45) is 1.04. The molecule has 0 radical (unpaired) electrons. The quantitative estimate of drug-likeness (QED) is 0.299. The van der Waals surface area contributed by atoms with Crippen LogP contribution in [0.5, 0.6) is 5.75 Å². The fourth-order valence-corrected chi connectivity index (χ4v) is 0.941. The molecule has 1 aromatic carbocycles. The Morgan fingerprint density at radius 2 is 2.33 bits per heavy atom. The summed E-state index contributed by atoms with van der Waals surface area (Å²) in [5.41, 5.74) is 7.69. The lowest BCUT2D eigenvalue weighted by Crippen LogP contribution is -2.24. The number of hydrazone groups is 1. The van der Waals surface area contributed by atoms with Crippen LogP contribution in [0.1, 0.15) is 10.4 Å². The maximum absolute atomic E-state index is 11.4. The topological polar surface area (TPSA) is 87.7 Å². The van der Waals surface area contributed by atoms with E-state index >= 15 is 0 Å². The Morgan fingerprint density at radius 3 is 2.93 bits per heavy atom. The van der Waals surface area contributed by atoms with Gasteiger partial charge in [0.25, 0.3) is 0 Å². The number of nitrogens with zero attached hydrogens (tertiary/aromatic N) is 1. The molecule has 0 atom stereocenters. The fourth-order valence-electron chi connectivity index (χ4n) is 0.888. The monoisotopic (exact) mass is 223 g/mol. The number of carbonyl (C=O) groups is 1. The molecule has 0 unspecified atom stereocenters. The number of ketones is 1. The van der Waals surface area contributed by atoms with E-state index in [1.165, 1.54) is 12.1 Å². The summed E-state index contributed by atoms with van der Waals surface area (Å²) in [5, 5.41) is 12.6. The van der Waals surface area contributed by atoms with Crippen LogP contribution in [0, 0.1) is 0 Å². The van der Waals surface area contributed by atoms with Crippen molar-refractivity contribution >= 4 is 29.3 Å². The van der Waals surface area contributed by atoms with E-state index in [2.05, 4.69) is 22.7 Å². The second kappa shape index (κ2) is 5.06. The number of thiocarbonyl (C=S) groups is 1. The van der Waals surface area contributed by atoms with Crippen LogP contribution in [0.2, 0.25) is 0 Å². The van der Waals surface area contributed by atoms with Crippen molar-refractivity contribution in [3.63, 3.8) is 0 Å². The summed E-state index contributed by atoms with van der Waals surface area (Å²) in [4.78, 5) is 11.4. The molecule has 6 heteroatoms. The molecule has 15 heavy (non-hydrogen) atoms. The number of rotatable bonds is 3. The fraction of sp³-hybridized carbons (Fsp3) is 0. The van der Waals surface area contributed by atoms with E-state index in [9.17, 15) is 4.79 Å². The molecule has 0 aromatic heterocycles. The predicted molar refractivity (Wildman–Crippen MR) is 60.9 cm³/mol. The third-order valence-electron chi connectivity index (χ3n) is 1.49. The van der Waals surface area contributed by atoms with Crippen molar-refractivity contribution < 1.29 is 9.90 Å². The Balaban J connectivity index is 2.69. The van der Waals surface area contributed by atoms with Gasteiger partial charge in [-0.25, -0.2) is 0 Å². The normalized spacial score (nSPS) is 10.1. The Kier molecular flexibility index (Phi) is 3.75. The second-order valence-electron chi connectivity index (χ2n) is 2.65. The molecule has 0 heterocycles. The predicted octanol–water partition coefficient (Wildman–Crippen LogP) is 0.394. The first-order chi connectivity index (χ1) is 7.09. The van der Waals surface area contributed by atoms with Gasteiger partial charge in [-0.1, -0.05) is 12.1 Å². The standard InChI is InChI=1S/C9H9N3O2S/c10-9(15)12-11-5-8(14)6-2-1-3-7(13)4-6/h1-5,13H,(H3,10,12,15). The van der Waals surface area contributed by atoms with Gasteiger partial charge in [-0.3, -0.25) is 10.2 Å². The molecule has 5 nitrogen and oxygen atoms in total. The van der Waals surface area contributed by atoms with Gasteiger partial charge in [-0.2, -0.15) is 5.10 Å². The molecule has 1 rings (SSSR count). The average Bonchev–Trinajstić information content (AvgIpc) is 2.17. The highest BCUT2D eigenvalue weighted by atomic mass is 32.1. The number of hydrogen-bond donors (Lipinski definition) is 3. The Morgan fingerprint density at radius 1 is 1.60 bits per heavy atom. The summed E-state index contributed by atoms with van der Waals surface area (Å²) in [6.45, 7) is 0. The number of aromatic hydroxyl groups is 1. The minimum atomic E-state index is -0.352. The number of nitrogens with two attached hydrogens (primary N) is 1. The molecule has 0 aliphatic rings. The zero-order valence-electron chi connectivity index (χ0n) is 7.68. The molecule has 1 aromatic rings. The maximum atomic E-state index is 11.4. The van der Waals surface area contributed by atoms with E-state index in [0.717, 1.165) is 6.21 Å². The molecule has 0 saturated heterocycles. The first kappa shape index (κ1) is 11.1. The number of benzene rings is 1. The molecule has 0 saturated carbocycles. The van der Waals surface area contributed by atoms with Crippen LogP contribution in [-0.2, 0) is 0 Å². The lowest BCUT2D eigenvalue weighted by atomic mass is 10.1. The third-order valence-corrected chi connectivity index (χ3v) is 1.58. The van der Waals surface area contributed by atoms with E-state index in [1.807, 2.05) is 0 Å². The zero-order chi connectivity index (χ0) is 11.3. The van der Waals surface area contributed by atoms with Crippen LogP contribution >= 0.6 is 12.2 Å². The van der Waals surface area contributed by atoms with Gasteiger partial charge >= 0.3 is 0 Å². The van der Waals surface area contributed by atoms with Gasteiger partial charge in [0, 0.05) is 5.56 Å². The van der Waals surface area contributed by atoms with Crippen molar-refractivity contribution in [3.05, 3.63) is 29.8 Å². The highest BCUT2D eigenvalue weighted by Crippen LogP contribution is 2.10. The number of Topliss-reactive ketones (excluding diaryl/α,β-unsaturated/α-hetero) is 1. The zero-order valence-corrected chi connectivity index (χ0v) is 8.49. The molecular formula is C9H9N3O2S. The molecule has 0 amide bonds. The minimum absolute atomic E-state index is 0.0186. The molecule has 4 N–H and O–H groups in total. The van der Waals surface area contributed by atoms with Crippen LogP contribution in [0.15, 0.2) is 29.4 Å². The highest BCUT2D eigenvalue weighted by molar-refractivity contribution is 7.80. The van der Waals surface area contributed by atoms with Crippen LogP contribution in [0.4, 0.5) is 0 Å². The van der Waals surface area contributed by atoms with Crippen LogP contribution in [0.3, 0.4) is 0 Å². The molecule has 0 aliphatic heterocycles. The van der Waals surface area contributed by atoms with Gasteiger partial charge in [-0.15, -0.1) is 0 Å². The summed E-state index contributed by atoms with van der Waals surface area (Å²) < 4.78 is 0. The Hall–Kier alpha value is -1.95. The minimum Gasteiger partial charge on any atom is -0.508 e. The maximum Gasteiger partial charge on any atom is 0.205 e. The Bertz CT molecular complexity index is 418. The van der Waals surface area contributed by atoms with E-state index in [0.29, 0.717) is 5.56 Å². The van der Waals surface area contributed by atoms with Crippen molar-refractivity contribution in [3.8, 4) is 5.75 Å². The van der Waals surface area contributed by atoms with E-state index in [1.54, 1.807) is 12.1 Å². The molecule has 0 bridgehead atoms. The summed E-state index contributed by atoms with van der Waals surface area (Å²) in [5.74, 6) is -0.328. The number of nitrogens with one attached hydrogen (secondary N) is 1. The molecular weight excluding hydrogens is 214 g/mol. The smallest absolute Gasteiger partial charge is 0.205 e. The number of phenolic OH excluding ortho intramolecular Hbond substituents is 1. The largest absolute Gasteiger partial charge is 0.508 e. The highest BCUT2D eigenvalue weighted by Gasteiger charge is 2.02. The van der Waals surface area contributed by atoms with Gasteiger partial charge in [0.1, 0.15) is 5.75 Å². The third kappa shape index (κ3) is 3.74. The van der Waals surface area contributed by atoms with Crippen LogP contribution in [-0.4, -0.2) is 22.2 Å². The van der Waals surface area contributed by atoms with Gasteiger partial charge in [-0.05, 0) is 24.4 Å². The number of phenols is 1. The molecule has 78 valence electrons. The number of carbonyl (C=O) groups excluding carboxylic acids is 1. The summed E-state index contributed by atoms with van der Waals surface area (Å²) in [7, 11) is 0. The van der Waals surface area contributed by atoms with Gasteiger partial charge in [0.15, 0.2) is 5.11 Å². The van der Waals surface area contributed by atoms with E-state index in [4.69, 9.17) is 10.8 Å². The Labute approximate surface area is 91.6 Å². The van der Waals surface area contributed by atoms with Gasteiger partial charge < -0.3 is 10.8 Å². The lowest BCUT2D eigenvalue weighted by Gasteiger charge is -1.96. The van der Waals surface area contributed by atoms with E-state index < -0.39 is 0 Å². The van der Waals surface area contributed by atoms with Crippen LogP contribution in [0.25, 0.3) is 0 Å². The molecule has 0 fully saturated rings. The van der Waals surface area contributed by atoms with Crippen molar-refractivity contribution in [1.82, 2.24) is 5.43 Å². The van der Waals surface area contributed by atoms with Crippen molar-refractivity contribution in [2.24, 2.45) is 10.8 Å². The average molecular weight is 223 g/mol.